The highest BCUT2D eigenvalue weighted by Crippen LogP contribution is 2.43. The molecule has 2 aliphatic rings. The highest BCUT2D eigenvalue weighted by molar-refractivity contribution is 9.11. The van der Waals surface area contributed by atoms with Gasteiger partial charge in [-0.3, -0.25) is 9.59 Å². The fraction of sp³-hybridized carbons (Fsp3) is 0.538. The third kappa shape index (κ3) is 2.17. The number of hydrogen-bond donors (Lipinski definition) is 1. The van der Waals surface area contributed by atoms with E-state index in [4.69, 9.17) is 4.74 Å². The van der Waals surface area contributed by atoms with E-state index >= 15 is 0 Å². The van der Waals surface area contributed by atoms with Gasteiger partial charge in [0.15, 0.2) is 0 Å². The van der Waals surface area contributed by atoms with Crippen molar-refractivity contribution >= 4 is 39.1 Å². The van der Waals surface area contributed by atoms with Crippen molar-refractivity contribution in [3.05, 3.63) is 20.8 Å². The highest BCUT2D eigenvalue weighted by atomic mass is 79.9. The van der Waals surface area contributed by atoms with Crippen LogP contribution in [0.5, 0.6) is 0 Å². The number of likely N-dealkylation sites (tertiary alicyclic amines) is 1. The Balaban J connectivity index is 1.84. The third-order valence-corrected chi connectivity index (χ3v) is 5.82. The summed E-state index contributed by atoms with van der Waals surface area (Å²) in [6, 6.07) is 3.60. The van der Waals surface area contributed by atoms with E-state index in [-0.39, 0.29) is 18.4 Å². The summed E-state index contributed by atoms with van der Waals surface area (Å²) in [6.07, 6.45) is 0.477. The number of thiophene rings is 1. The average molecular weight is 360 g/mol. The molecule has 2 saturated heterocycles. The van der Waals surface area contributed by atoms with Crippen molar-refractivity contribution in [1.29, 1.82) is 0 Å². The first kappa shape index (κ1) is 14.0. The van der Waals surface area contributed by atoms with E-state index in [9.17, 15) is 14.7 Å². The normalized spacial score (nSPS) is 29.2. The van der Waals surface area contributed by atoms with Gasteiger partial charge in [-0.2, -0.15) is 0 Å². The lowest BCUT2D eigenvalue weighted by atomic mass is 9.74. The lowest BCUT2D eigenvalue weighted by Crippen LogP contribution is -2.45. The summed E-state index contributed by atoms with van der Waals surface area (Å²) in [7, 11) is 0. The fourth-order valence-electron chi connectivity index (χ4n) is 3.04. The van der Waals surface area contributed by atoms with E-state index in [2.05, 4.69) is 15.9 Å². The second-order valence-electron chi connectivity index (χ2n) is 5.27. The van der Waals surface area contributed by atoms with Crippen LogP contribution in [0.2, 0.25) is 0 Å². The number of carbonyl (C=O) groups excluding carboxylic acids is 1. The summed E-state index contributed by atoms with van der Waals surface area (Å²) < 4.78 is 6.29. The van der Waals surface area contributed by atoms with E-state index < -0.39 is 11.4 Å². The van der Waals surface area contributed by atoms with Crippen LogP contribution in [0.1, 0.15) is 16.1 Å². The number of carbonyl (C=O) groups is 2. The van der Waals surface area contributed by atoms with Gasteiger partial charge in [-0.15, -0.1) is 11.3 Å². The van der Waals surface area contributed by atoms with Gasteiger partial charge in [0.1, 0.15) is 0 Å². The van der Waals surface area contributed by atoms with Crippen molar-refractivity contribution in [3.8, 4) is 0 Å². The first-order valence-corrected chi connectivity index (χ1v) is 7.99. The number of fused-ring (bicyclic) bond motifs is 1. The first-order chi connectivity index (χ1) is 9.53. The molecule has 0 radical (unpaired) electrons. The minimum atomic E-state index is -0.831. The second kappa shape index (κ2) is 5.13. The summed E-state index contributed by atoms with van der Waals surface area (Å²) in [6.45, 7) is 1.62. The number of halogens is 1. The molecule has 0 aromatic carbocycles. The highest BCUT2D eigenvalue weighted by Gasteiger charge is 2.55. The Kier molecular flexibility index (Phi) is 3.60. The van der Waals surface area contributed by atoms with E-state index in [1.54, 1.807) is 11.0 Å². The molecule has 1 aromatic heterocycles. The molecule has 0 aliphatic carbocycles. The summed E-state index contributed by atoms with van der Waals surface area (Å²) >= 11 is 4.71. The maximum atomic E-state index is 12.5. The molecule has 0 unspecified atom stereocenters. The van der Waals surface area contributed by atoms with E-state index in [0.717, 1.165) is 3.79 Å². The number of aliphatic carboxylic acids is 1. The summed E-state index contributed by atoms with van der Waals surface area (Å²) in [4.78, 5) is 26.4. The van der Waals surface area contributed by atoms with Crippen molar-refractivity contribution in [1.82, 2.24) is 4.90 Å². The Hall–Kier alpha value is -0.920. The number of rotatable bonds is 2. The van der Waals surface area contributed by atoms with Crippen LogP contribution in [0, 0.1) is 11.3 Å². The standard InChI is InChI=1S/C13H14BrNO4S/c14-10-2-1-9(20-10)11(16)15-5-8-6-19-4-3-13(8,7-15)12(17)18/h1-2,8H,3-7H2,(H,17,18)/t8-,13+/m0/s1. The van der Waals surface area contributed by atoms with Crippen molar-refractivity contribution < 1.29 is 19.4 Å². The Bertz CT molecular complexity index is 560. The molecule has 3 rings (SSSR count). The largest absolute Gasteiger partial charge is 0.481 e. The fourth-order valence-corrected chi connectivity index (χ4v) is 4.39. The van der Waals surface area contributed by atoms with Crippen LogP contribution < -0.4 is 0 Å². The molecule has 0 spiro atoms. The predicted octanol–water partition coefficient (Wildman–Crippen LogP) is 2.07. The van der Waals surface area contributed by atoms with Crippen LogP contribution in [-0.2, 0) is 9.53 Å². The topological polar surface area (TPSA) is 66.8 Å². The molecule has 2 atom stereocenters. The van der Waals surface area contributed by atoms with Crippen LogP contribution in [0.15, 0.2) is 15.9 Å². The maximum absolute atomic E-state index is 12.5. The minimum absolute atomic E-state index is 0.0873. The van der Waals surface area contributed by atoms with Gasteiger partial charge in [0.25, 0.3) is 5.91 Å². The quantitative estimate of drug-likeness (QED) is 0.877. The molecule has 2 fully saturated rings. The SMILES string of the molecule is O=C(c1ccc(Br)s1)N1C[C@H]2COCC[C@@]2(C(=O)O)C1. The molecule has 108 valence electrons. The minimum Gasteiger partial charge on any atom is -0.481 e. The van der Waals surface area contributed by atoms with Crippen molar-refractivity contribution in [3.63, 3.8) is 0 Å². The van der Waals surface area contributed by atoms with E-state index in [0.29, 0.717) is 31.1 Å². The zero-order valence-electron chi connectivity index (χ0n) is 10.7. The van der Waals surface area contributed by atoms with Gasteiger partial charge in [-0.1, -0.05) is 0 Å². The Labute approximate surface area is 128 Å². The molecule has 5 nitrogen and oxygen atoms in total. The Morgan fingerprint density at radius 1 is 1.50 bits per heavy atom. The number of amides is 1. The Morgan fingerprint density at radius 2 is 2.30 bits per heavy atom. The molecular weight excluding hydrogens is 346 g/mol. The average Bonchev–Trinajstić information content (AvgIpc) is 3.02. The van der Waals surface area contributed by atoms with Gasteiger partial charge in [0, 0.05) is 25.6 Å². The molecule has 20 heavy (non-hydrogen) atoms. The van der Waals surface area contributed by atoms with Gasteiger partial charge < -0.3 is 14.7 Å². The summed E-state index contributed by atoms with van der Waals surface area (Å²) in [5.74, 6) is -1.01. The molecule has 0 saturated carbocycles. The molecule has 2 aliphatic heterocycles. The lowest BCUT2D eigenvalue weighted by Gasteiger charge is -2.33. The smallest absolute Gasteiger partial charge is 0.311 e. The van der Waals surface area contributed by atoms with Crippen LogP contribution >= 0.6 is 27.3 Å². The van der Waals surface area contributed by atoms with Crippen LogP contribution in [0.25, 0.3) is 0 Å². The number of carboxylic acid groups (broad SMARTS) is 1. The number of hydrogen-bond acceptors (Lipinski definition) is 4. The first-order valence-electron chi connectivity index (χ1n) is 6.39. The maximum Gasteiger partial charge on any atom is 0.311 e. The van der Waals surface area contributed by atoms with Gasteiger partial charge in [0.2, 0.25) is 0 Å². The number of ether oxygens (including phenoxy) is 1. The van der Waals surface area contributed by atoms with Crippen LogP contribution in [0.4, 0.5) is 0 Å². The zero-order valence-corrected chi connectivity index (χ0v) is 13.1. The molecule has 1 aromatic rings. The van der Waals surface area contributed by atoms with Crippen molar-refractivity contribution in [2.75, 3.05) is 26.3 Å². The predicted molar refractivity (Wildman–Crippen MR) is 76.9 cm³/mol. The van der Waals surface area contributed by atoms with Crippen molar-refractivity contribution in [2.45, 2.75) is 6.42 Å². The summed E-state index contributed by atoms with van der Waals surface area (Å²) in [5.41, 5.74) is -0.831. The molecule has 1 N–H and O–H groups in total. The second-order valence-corrected chi connectivity index (χ2v) is 7.74. The van der Waals surface area contributed by atoms with E-state index in [1.807, 2.05) is 6.07 Å². The zero-order chi connectivity index (χ0) is 14.3. The lowest BCUT2D eigenvalue weighted by molar-refractivity contribution is -0.157. The molecule has 1 amide bonds. The van der Waals surface area contributed by atoms with E-state index in [1.165, 1.54) is 11.3 Å². The monoisotopic (exact) mass is 359 g/mol. The van der Waals surface area contributed by atoms with Gasteiger partial charge >= 0.3 is 5.97 Å². The van der Waals surface area contributed by atoms with Gasteiger partial charge in [-0.25, -0.2) is 0 Å². The number of nitrogens with zero attached hydrogens (tertiary/aromatic N) is 1. The summed E-state index contributed by atoms with van der Waals surface area (Å²) in [5, 5.41) is 9.57. The van der Waals surface area contributed by atoms with Crippen molar-refractivity contribution in [2.24, 2.45) is 11.3 Å². The molecule has 7 heteroatoms. The Morgan fingerprint density at radius 3 is 2.90 bits per heavy atom. The molecule has 3 heterocycles. The number of carboxylic acids is 1. The molecular formula is C13H14BrNO4S. The molecule has 0 bridgehead atoms. The van der Waals surface area contributed by atoms with Gasteiger partial charge in [0.05, 0.1) is 20.7 Å². The third-order valence-electron chi connectivity index (χ3n) is 4.20. The van der Waals surface area contributed by atoms with Crippen LogP contribution in [-0.4, -0.2) is 48.2 Å². The van der Waals surface area contributed by atoms with Crippen LogP contribution in [0.3, 0.4) is 0 Å². The van der Waals surface area contributed by atoms with Gasteiger partial charge in [-0.05, 0) is 34.5 Å².